The van der Waals surface area contributed by atoms with Crippen LogP contribution in [0.5, 0.6) is 0 Å². The van der Waals surface area contributed by atoms with Gasteiger partial charge in [-0.1, -0.05) is 27.2 Å². The van der Waals surface area contributed by atoms with Crippen LogP contribution < -0.4 is 0 Å². The molecule has 1 aliphatic heterocycles. The van der Waals surface area contributed by atoms with Gasteiger partial charge in [-0.05, 0) is 43.5 Å². The zero-order valence-corrected chi connectivity index (χ0v) is 12.7. The lowest BCUT2D eigenvalue weighted by atomic mass is 9.56. The lowest BCUT2D eigenvalue weighted by Crippen LogP contribution is -2.35. The van der Waals surface area contributed by atoms with Crippen LogP contribution in [0.1, 0.15) is 53.9 Å². The third-order valence-electron chi connectivity index (χ3n) is 4.54. The van der Waals surface area contributed by atoms with Gasteiger partial charge in [0.2, 0.25) is 5.91 Å². The Morgan fingerprint density at radius 2 is 1.94 bits per heavy atom. The van der Waals surface area contributed by atoms with Gasteiger partial charge < -0.3 is 4.90 Å². The van der Waals surface area contributed by atoms with Crippen molar-refractivity contribution in [1.82, 2.24) is 4.90 Å². The molecule has 0 saturated carbocycles. The topological polar surface area (TPSA) is 20.3 Å². The van der Waals surface area contributed by atoms with E-state index in [-0.39, 0.29) is 11.2 Å². The monoisotopic (exact) mass is 247 g/mol. The zero-order chi connectivity index (χ0) is 13.7. The van der Waals surface area contributed by atoms with Gasteiger partial charge in [-0.15, -0.1) is 0 Å². The normalized spacial score (nSPS) is 32.7. The summed E-state index contributed by atoms with van der Waals surface area (Å²) >= 11 is 0. The van der Waals surface area contributed by atoms with Crippen molar-refractivity contribution in [3.05, 3.63) is 11.3 Å². The highest BCUT2D eigenvalue weighted by molar-refractivity contribution is 6.18. The van der Waals surface area contributed by atoms with E-state index in [1.807, 2.05) is 0 Å². The number of carbonyl (C=O) groups is 1. The van der Waals surface area contributed by atoms with Gasteiger partial charge in [0, 0.05) is 11.7 Å². The molecule has 3 heteroatoms. The second kappa shape index (κ2) is 4.43. The van der Waals surface area contributed by atoms with Crippen LogP contribution >= 0.6 is 0 Å². The molecule has 2 unspecified atom stereocenters. The maximum Gasteiger partial charge on any atom is 0.234 e. The van der Waals surface area contributed by atoms with Crippen LogP contribution in [0.25, 0.3) is 0 Å². The van der Waals surface area contributed by atoms with Crippen molar-refractivity contribution in [2.24, 2.45) is 11.8 Å². The largest absolute Gasteiger partial charge is 0.313 e. The van der Waals surface area contributed by atoms with Crippen molar-refractivity contribution in [1.29, 1.82) is 0 Å². The molecule has 18 heavy (non-hydrogen) atoms. The summed E-state index contributed by atoms with van der Waals surface area (Å²) in [7, 11) is 2.31. The third-order valence-corrected chi connectivity index (χ3v) is 4.54. The highest BCUT2D eigenvalue weighted by atomic mass is 16.2. The van der Waals surface area contributed by atoms with Crippen LogP contribution in [0.15, 0.2) is 11.3 Å². The molecule has 100 valence electrons. The van der Waals surface area contributed by atoms with E-state index in [1.54, 1.807) is 0 Å². The Labute approximate surface area is 112 Å². The van der Waals surface area contributed by atoms with Crippen LogP contribution in [0.2, 0.25) is 5.31 Å². The van der Waals surface area contributed by atoms with Gasteiger partial charge in [0.05, 0.1) is 5.92 Å². The van der Waals surface area contributed by atoms with Gasteiger partial charge in [0.25, 0.3) is 0 Å². The first-order valence-corrected chi connectivity index (χ1v) is 7.34. The first kappa shape index (κ1) is 13.7. The molecule has 2 nitrogen and oxygen atoms in total. The maximum atomic E-state index is 12.7. The molecule has 1 heterocycles. The number of hydrogen-bond acceptors (Lipinski definition) is 1. The number of amides is 1. The van der Waals surface area contributed by atoms with Crippen molar-refractivity contribution in [2.75, 3.05) is 0 Å². The Hall–Kier alpha value is -0.725. The fourth-order valence-corrected chi connectivity index (χ4v) is 3.80. The van der Waals surface area contributed by atoms with E-state index in [0.29, 0.717) is 17.9 Å². The second-order valence-corrected chi connectivity index (χ2v) is 7.12. The summed E-state index contributed by atoms with van der Waals surface area (Å²) in [5, 5.41) is 0.196. The van der Waals surface area contributed by atoms with E-state index >= 15 is 0 Å². The molecule has 0 bridgehead atoms. The van der Waals surface area contributed by atoms with Gasteiger partial charge >= 0.3 is 0 Å². The highest BCUT2D eigenvalue weighted by Crippen LogP contribution is 2.54. The van der Waals surface area contributed by atoms with Gasteiger partial charge in [0.1, 0.15) is 7.85 Å². The number of carbonyl (C=O) groups excluding carboxylic acids is 1. The second-order valence-electron chi connectivity index (χ2n) is 7.12. The molecule has 0 radical (unpaired) electrons. The van der Waals surface area contributed by atoms with Crippen molar-refractivity contribution in [2.45, 2.75) is 65.2 Å². The molecule has 0 spiro atoms. The van der Waals surface area contributed by atoms with Crippen LogP contribution in [0, 0.1) is 11.8 Å². The van der Waals surface area contributed by atoms with Gasteiger partial charge in [-0.3, -0.25) is 4.79 Å². The summed E-state index contributed by atoms with van der Waals surface area (Å²) in [5.74, 6) is 0.876. The Kier molecular flexibility index (Phi) is 3.37. The van der Waals surface area contributed by atoms with Crippen molar-refractivity contribution < 1.29 is 4.79 Å². The Morgan fingerprint density at radius 1 is 1.33 bits per heavy atom. The van der Waals surface area contributed by atoms with E-state index in [9.17, 15) is 4.79 Å². The van der Waals surface area contributed by atoms with Gasteiger partial charge in [-0.2, -0.15) is 0 Å². The smallest absolute Gasteiger partial charge is 0.234 e. The number of rotatable bonds is 2. The van der Waals surface area contributed by atoms with Crippen molar-refractivity contribution in [3.63, 3.8) is 0 Å². The standard InChI is InChI=1S/C15H26BNO/c1-9(2)12-13-11(7-6-8-15(13,5)16)17(10(3)4)14(12)18/h9-10,12H,6-8,16H2,1-5H3. The minimum absolute atomic E-state index is 0.123. The van der Waals surface area contributed by atoms with E-state index in [0.717, 1.165) is 6.42 Å². The molecular formula is C15H26BNO. The molecule has 0 fully saturated rings. The third kappa shape index (κ3) is 1.92. The fraction of sp³-hybridized carbons (Fsp3) is 0.800. The predicted molar refractivity (Wildman–Crippen MR) is 78.1 cm³/mol. The van der Waals surface area contributed by atoms with E-state index in [4.69, 9.17) is 0 Å². The molecule has 2 rings (SSSR count). The molecular weight excluding hydrogens is 221 g/mol. The summed E-state index contributed by atoms with van der Waals surface area (Å²) in [6.45, 7) is 10.9. The van der Waals surface area contributed by atoms with E-state index in [1.165, 1.54) is 24.1 Å². The van der Waals surface area contributed by atoms with Gasteiger partial charge in [-0.25, -0.2) is 0 Å². The first-order chi connectivity index (χ1) is 8.27. The fourth-order valence-electron chi connectivity index (χ4n) is 3.80. The SMILES string of the molecule is BC1(C)CCCC2=C1C(C(C)C)C(=O)N2C(C)C. The minimum atomic E-state index is 0.123. The summed E-state index contributed by atoms with van der Waals surface area (Å²) in [5.41, 5.74) is 2.80. The summed E-state index contributed by atoms with van der Waals surface area (Å²) in [6.07, 6.45) is 3.52. The van der Waals surface area contributed by atoms with Crippen LogP contribution in [0.3, 0.4) is 0 Å². The Bertz CT molecular complexity index is 395. The van der Waals surface area contributed by atoms with Crippen LogP contribution in [-0.4, -0.2) is 24.7 Å². The predicted octanol–water partition coefficient (Wildman–Crippen LogP) is 2.76. The van der Waals surface area contributed by atoms with E-state index < -0.39 is 0 Å². The van der Waals surface area contributed by atoms with E-state index in [2.05, 4.69) is 47.4 Å². The molecule has 0 aromatic heterocycles. The molecule has 2 aliphatic rings. The Balaban J connectivity index is 2.53. The molecule has 2 atom stereocenters. The minimum Gasteiger partial charge on any atom is -0.313 e. The van der Waals surface area contributed by atoms with Crippen molar-refractivity contribution >= 4 is 13.8 Å². The number of hydrogen-bond donors (Lipinski definition) is 0. The number of allylic oxidation sites excluding steroid dienone is 1. The quantitative estimate of drug-likeness (QED) is 0.687. The van der Waals surface area contributed by atoms with Crippen LogP contribution in [0.4, 0.5) is 0 Å². The molecule has 0 aromatic rings. The lowest BCUT2D eigenvalue weighted by molar-refractivity contribution is -0.133. The molecule has 0 saturated heterocycles. The molecule has 0 aromatic carbocycles. The molecule has 0 N–H and O–H groups in total. The summed E-state index contributed by atoms with van der Waals surface area (Å²) in [6, 6.07) is 0.292. The molecule has 1 aliphatic carbocycles. The highest BCUT2D eigenvalue weighted by Gasteiger charge is 2.48. The average Bonchev–Trinajstić information content (AvgIpc) is 2.51. The average molecular weight is 247 g/mol. The first-order valence-electron chi connectivity index (χ1n) is 7.34. The van der Waals surface area contributed by atoms with Crippen molar-refractivity contribution in [3.8, 4) is 0 Å². The Morgan fingerprint density at radius 3 is 2.44 bits per heavy atom. The number of nitrogens with zero attached hydrogens (tertiary/aromatic N) is 1. The summed E-state index contributed by atoms with van der Waals surface area (Å²) in [4.78, 5) is 14.8. The lowest BCUT2D eigenvalue weighted by Gasteiger charge is -2.36. The van der Waals surface area contributed by atoms with Crippen LogP contribution in [-0.2, 0) is 4.79 Å². The summed E-state index contributed by atoms with van der Waals surface area (Å²) < 4.78 is 0. The maximum absolute atomic E-state index is 12.7. The zero-order valence-electron chi connectivity index (χ0n) is 12.7. The molecule has 1 amide bonds. The van der Waals surface area contributed by atoms with Gasteiger partial charge in [0.15, 0.2) is 0 Å².